The third-order valence-electron chi connectivity index (χ3n) is 2.61. The molecule has 0 aliphatic carbocycles. The van der Waals surface area contributed by atoms with E-state index in [4.69, 9.17) is 0 Å². The summed E-state index contributed by atoms with van der Waals surface area (Å²) in [5.74, 6) is 0.0758. The van der Waals surface area contributed by atoms with E-state index in [0.717, 1.165) is 0 Å². The molecule has 0 unspecified atom stereocenters. The lowest BCUT2D eigenvalue weighted by atomic mass is 10.1. The highest BCUT2D eigenvalue weighted by Gasteiger charge is 2.12. The van der Waals surface area contributed by atoms with Crippen LogP contribution in [0.4, 0.5) is 5.82 Å². The number of nitrogens with zero attached hydrogens (tertiary/aromatic N) is 4. The largest absolute Gasteiger partial charge is 0.305 e. The first-order valence-electron chi connectivity index (χ1n) is 5.73. The zero-order chi connectivity index (χ0) is 13.9. The van der Waals surface area contributed by atoms with Crippen molar-refractivity contribution in [3.05, 3.63) is 53.2 Å². The van der Waals surface area contributed by atoms with Crippen LogP contribution >= 0.6 is 15.9 Å². The van der Waals surface area contributed by atoms with E-state index in [1.54, 1.807) is 30.6 Å². The van der Waals surface area contributed by atoms with Crippen LogP contribution in [0.5, 0.6) is 0 Å². The summed E-state index contributed by atoms with van der Waals surface area (Å²) in [5, 5.41) is 2.68. The Morgan fingerprint density at radius 3 is 2.70 bits per heavy atom. The van der Waals surface area contributed by atoms with Crippen LogP contribution in [0.3, 0.4) is 0 Å². The first-order valence-corrected chi connectivity index (χ1v) is 6.52. The Balaban J connectivity index is 1.94. The van der Waals surface area contributed by atoms with E-state index in [0.29, 0.717) is 27.0 Å². The number of halogens is 1. The van der Waals surface area contributed by atoms with Crippen LogP contribution in [0.15, 0.2) is 47.6 Å². The van der Waals surface area contributed by atoms with E-state index < -0.39 is 0 Å². The number of para-hydroxylation sites is 1. The second kappa shape index (κ2) is 5.30. The van der Waals surface area contributed by atoms with Crippen molar-refractivity contribution < 1.29 is 4.79 Å². The Kier molecular flexibility index (Phi) is 3.34. The van der Waals surface area contributed by atoms with Gasteiger partial charge in [0.05, 0.1) is 23.5 Å². The van der Waals surface area contributed by atoms with Crippen LogP contribution in [-0.2, 0) is 0 Å². The number of hydrogen-bond acceptors (Lipinski definition) is 5. The minimum atomic E-state index is -0.298. The minimum absolute atomic E-state index is 0.298. The highest BCUT2D eigenvalue weighted by molar-refractivity contribution is 9.10. The molecule has 0 bridgehead atoms. The maximum atomic E-state index is 12.3. The average molecular weight is 330 g/mol. The van der Waals surface area contributed by atoms with Gasteiger partial charge in [0.25, 0.3) is 5.91 Å². The van der Waals surface area contributed by atoms with Crippen molar-refractivity contribution in [3.8, 4) is 0 Å². The van der Waals surface area contributed by atoms with Gasteiger partial charge >= 0.3 is 0 Å². The van der Waals surface area contributed by atoms with Crippen LogP contribution in [-0.4, -0.2) is 25.8 Å². The molecule has 3 aromatic rings. The number of carbonyl (C=O) groups excluding carboxylic acids is 1. The van der Waals surface area contributed by atoms with Crippen LogP contribution < -0.4 is 5.32 Å². The molecule has 0 aliphatic heterocycles. The van der Waals surface area contributed by atoms with E-state index in [-0.39, 0.29) is 5.91 Å². The molecule has 1 amide bonds. The molecule has 0 radical (unpaired) electrons. The fourth-order valence-electron chi connectivity index (χ4n) is 1.74. The molecule has 0 saturated heterocycles. The number of rotatable bonds is 2. The number of fused-ring (bicyclic) bond motifs is 1. The molecule has 1 N–H and O–H groups in total. The van der Waals surface area contributed by atoms with Crippen molar-refractivity contribution in [1.82, 2.24) is 19.9 Å². The monoisotopic (exact) mass is 329 g/mol. The third kappa shape index (κ3) is 2.48. The number of anilines is 1. The first kappa shape index (κ1) is 12.6. The molecule has 0 fully saturated rings. The summed E-state index contributed by atoms with van der Waals surface area (Å²) < 4.78 is 0.603. The summed E-state index contributed by atoms with van der Waals surface area (Å²) in [6, 6.07) is 5.26. The molecule has 7 heteroatoms. The van der Waals surface area contributed by atoms with Crippen LogP contribution in [0.25, 0.3) is 11.0 Å². The number of aromatic nitrogens is 4. The van der Waals surface area contributed by atoms with Crippen molar-refractivity contribution in [1.29, 1.82) is 0 Å². The molecule has 1 aromatic carbocycles. The van der Waals surface area contributed by atoms with Gasteiger partial charge in [-0.2, -0.15) is 0 Å². The van der Waals surface area contributed by atoms with Crippen LogP contribution in [0, 0.1) is 0 Å². The van der Waals surface area contributed by atoms with Crippen LogP contribution in [0.2, 0.25) is 0 Å². The lowest BCUT2D eigenvalue weighted by Gasteiger charge is -2.06. The highest BCUT2D eigenvalue weighted by atomic mass is 79.9. The summed E-state index contributed by atoms with van der Waals surface area (Å²) in [4.78, 5) is 28.7. The summed E-state index contributed by atoms with van der Waals surface area (Å²) in [5.41, 5.74) is 1.67. The molecule has 20 heavy (non-hydrogen) atoms. The number of carbonyl (C=O) groups is 1. The maximum Gasteiger partial charge on any atom is 0.259 e. The van der Waals surface area contributed by atoms with Crippen molar-refractivity contribution in [3.63, 3.8) is 0 Å². The van der Waals surface area contributed by atoms with Crippen molar-refractivity contribution >= 4 is 38.7 Å². The number of hydrogen-bond donors (Lipinski definition) is 1. The van der Waals surface area contributed by atoms with Gasteiger partial charge in [0.15, 0.2) is 5.82 Å². The summed E-state index contributed by atoms with van der Waals surface area (Å²) in [6.45, 7) is 0. The fraction of sp³-hybridized carbons (Fsp3) is 0. The second-order valence-electron chi connectivity index (χ2n) is 3.91. The second-order valence-corrected chi connectivity index (χ2v) is 4.72. The number of nitrogens with one attached hydrogen (secondary N) is 1. The molecule has 0 spiro atoms. The molecule has 3 rings (SSSR count). The van der Waals surface area contributed by atoms with Crippen LogP contribution in [0.1, 0.15) is 10.4 Å². The molecule has 6 nitrogen and oxygen atoms in total. The molecular formula is C13H8BrN5O. The average Bonchev–Trinajstić information content (AvgIpc) is 2.49. The van der Waals surface area contributed by atoms with Gasteiger partial charge < -0.3 is 5.32 Å². The number of benzene rings is 1. The third-order valence-corrected chi connectivity index (χ3v) is 3.01. The Labute approximate surface area is 122 Å². The maximum absolute atomic E-state index is 12.3. The van der Waals surface area contributed by atoms with Gasteiger partial charge in [0.2, 0.25) is 0 Å². The summed E-state index contributed by atoms with van der Waals surface area (Å²) in [7, 11) is 0. The summed E-state index contributed by atoms with van der Waals surface area (Å²) in [6.07, 6.45) is 6.13. The van der Waals surface area contributed by atoms with Gasteiger partial charge in [-0.25, -0.2) is 9.97 Å². The lowest BCUT2D eigenvalue weighted by molar-refractivity contribution is 0.102. The quantitative estimate of drug-likeness (QED) is 0.780. The first-order chi connectivity index (χ1) is 9.74. The molecule has 2 aromatic heterocycles. The van der Waals surface area contributed by atoms with E-state index in [1.807, 2.05) is 0 Å². The Bertz CT molecular complexity index is 770. The Morgan fingerprint density at radius 1 is 1.05 bits per heavy atom. The topological polar surface area (TPSA) is 80.7 Å². The minimum Gasteiger partial charge on any atom is -0.305 e. The van der Waals surface area contributed by atoms with Crippen molar-refractivity contribution in [2.75, 3.05) is 5.32 Å². The van der Waals surface area contributed by atoms with E-state index in [1.165, 1.54) is 12.4 Å². The number of amides is 1. The molecule has 2 heterocycles. The zero-order valence-electron chi connectivity index (χ0n) is 10.1. The SMILES string of the molecule is O=C(Nc1cnc(Br)cn1)c1cccc2nccnc12. The fourth-order valence-corrected chi connectivity index (χ4v) is 1.94. The van der Waals surface area contributed by atoms with Gasteiger partial charge in [-0.05, 0) is 28.1 Å². The standard InChI is InChI=1S/C13H8BrN5O/c14-10-6-18-11(7-17-10)19-13(20)8-2-1-3-9-12(8)16-5-4-15-9/h1-7H,(H,18,19,20). The van der Waals surface area contributed by atoms with Crippen molar-refractivity contribution in [2.24, 2.45) is 0 Å². The zero-order valence-corrected chi connectivity index (χ0v) is 11.7. The van der Waals surface area contributed by atoms with Gasteiger partial charge in [-0.1, -0.05) is 6.07 Å². The lowest BCUT2D eigenvalue weighted by Crippen LogP contribution is -2.14. The van der Waals surface area contributed by atoms with Crippen molar-refractivity contribution in [2.45, 2.75) is 0 Å². The molecular weight excluding hydrogens is 322 g/mol. The van der Waals surface area contributed by atoms with Gasteiger partial charge in [0, 0.05) is 12.4 Å². The van der Waals surface area contributed by atoms with E-state index in [9.17, 15) is 4.79 Å². The Morgan fingerprint density at radius 2 is 1.90 bits per heavy atom. The Hall–Kier alpha value is -2.41. The van der Waals surface area contributed by atoms with E-state index >= 15 is 0 Å². The van der Waals surface area contributed by atoms with Gasteiger partial charge in [0.1, 0.15) is 10.1 Å². The summed E-state index contributed by atoms with van der Waals surface area (Å²) >= 11 is 3.18. The molecule has 0 aliphatic rings. The smallest absolute Gasteiger partial charge is 0.259 e. The van der Waals surface area contributed by atoms with Gasteiger partial charge in [-0.3, -0.25) is 14.8 Å². The van der Waals surface area contributed by atoms with E-state index in [2.05, 4.69) is 41.2 Å². The molecule has 98 valence electrons. The predicted octanol–water partition coefficient (Wildman–Crippen LogP) is 2.43. The van der Waals surface area contributed by atoms with Gasteiger partial charge in [-0.15, -0.1) is 0 Å². The molecule has 0 saturated carbocycles. The predicted molar refractivity (Wildman–Crippen MR) is 77.2 cm³/mol. The molecule has 0 atom stereocenters. The highest BCUT2D eigenvalue weighted by Crippen LogP contribution is 2.15. The normalized spacial score (nSPS) is 10.4.